The van der Waals surface area contributed by atoms with Gasteiger partial charge in [0.25, 0.3) is 0 Å². The van der Waals surface area contributed by atoms with Gasteiger partial charge in [-0.1, -0.05) is 30.3 Å². The van der Waals surface area contributed by atoms with E-state index in [4.69, 9.17) is 21.8 Å². The van der Waals surface area contributed by atoms with Crippen LogP contribution < -0.4 is 9.47 Å². The highest BCUT2D eigenvalue weighted by molar-refractivity contribution is 6.02. The Morgan fingerprint density at radius 2 is 1.86 bits per heavy atom. The minimum Gasteiger partial charge on any atom is -0.493 e. The van der Waals surface area contributed by atoms with Gasteiger partial charge in [-0.3, -0.25) is 9.69 Å². The lowest BCUT2D eigenvalue weighted by Gasteiger charge is -2.32. The molecule has 1 aliphatic carbocycles. The fourth-order valence-corrected chi connectivity index (χ4v) is 3.46. The molecule has 0 N–H and O–H groups in total. The van der Waals surface area contributed by atoms with E-state index in [2.05, 4.69) is 0 Å². The molecule has 1 heterocycles. The van der Waals surface area contributed by atoms with Crippen molar-refractivity contribution in [3.05, 3.63) is 59.1 Å². The molecule has 4 heteroatoms. The first kappa shape index (κ1) is 11.0. The molecule has 0 aromatic heterocycles. The highest BCUT2D eigenvalue weighted by Crippen LogP contribution is 2.39. The summed E-state index contributed by atoms with van der Waals surface area (Å²) in [5.41, 5.74) is -0.624. The lowest BCUT2D eigenvalue weighted by molar-refractivity contribution is 0.0895. The molecule has 4 rings (SSSR count). The second-order valence-electron chi connectivity index (χ2n) is 6.78. The fourth-order valence-electron chi connectivity index (χ4n) is 3.46. The number of carbonyl (C=O) groups is 1. The standard InChI is InChI=1S/C24H29NO3/c1-27-22-14-19-13-20(24(26)21(19)15-23(22)28-2)12-17-8-10-25(11-9-17)16-18-6-4-3-5-7-18/h3-7,14-15,17,20H,8-13,16H2,1-2H3/i12D2,13D2,14D,15D,16D2,20D. The lowest BCUT2D eigenvalue weighted by Crippen LogP contribution is -2.34. The van der Waals surface area contributed by atoms with Gasteiger partial charge >= 0.3 is 0 Å². The Labute approximate surface area is 180 Å². The summed E-state index contributed by atoms with van der Waals surface area (Å²) in [6, 6.07) is 7.50. The molecule has 28 heavy (non-hydrogen) atoms. The topological polar surface area (TPSA) is 38.8 Å². The van der Waals surface area contributed by atoms with Crippen molar-refractivity contribution in [3.8, 4) is 11.5 Å². The molecule has 0 spiro atoms. The molecular formula is C24H29NO3. The molecule has 0 radical (unpaired) electrons. The SMILES string of the molecule is [2H]c1c(OC)c(OC)c([2H])c2c1C(=O)C([2H])(C([2H])([2H])C1CCN(C([2H])([2H])c3ccccc3)CC1)C2([2H])[2H]. The number of benzene rings is 2. The Hall–Kier alpha value is -2.33. The third kappa shape index (κ3) is 3.93. The molecule has 1 fully saturated rings. The average Bonchev–Trinajstić information content (AvgIpc) is 3.05. The van der Waals surface area contributed by atoms with Crippen LogP contribution in [-0.2, 0) is 12.9 Å². The van der Waals surface area contributed by atoms with Crippen LogP contribution in [-0.4, -0.2) is 38.0 Å². The Morgan fingerprint density at radius 3 is 2.54 bits per heavy atom. The highest BCUT2D eigenvalue weighted by atomic mass is 16.5. The van der Waals surface area contributed by atoms with Crippen molar-refractivity contribution in [2.24, 2.45) is 11.8 Å². The van der Waals surface area contributed by atoms with Crippen LogP contribution in [0.1, 0.15) is 53.0 Å². The second-order valence-corrected chi connectivity index (χ2v) is 6.78. The van der Waals surface area contributed by atoms with E-state index in [0.717, 1.165) is 0 Å². The predicted molar refractivity (Wildman–Crippen MR) is 110 cm³/mol. The second kappa shape index (κ2) is 8.36. The van der Waals surface area contributed by atoms with Crippen LogP contribution >= 0.6 is 0 Å². The molecule has 1 saturated heterocycles. The van der Waals surface area contributed by atoms with Crippen molar-refractivity contribution >= 4 is 5.78 Å². The van der Waals surface area contributed by atoms with Gasteiger partial charge in [0, 0.05) is 27.5 Å². The van der Waals surface area contributed by atoms with E-state index in [-0.39, 0.29) is 37.4 Å². The number of nitrogens with zero attached hydrogens (tertiary/aromatic N) is 1. The Balaban J connectivity index is 1.70. The summed E-state index contributed by atoms with van der Waals surface area (Å²) in [7, 11) is 2.42. The maximum atomic E-state index is 13.6. The summed E-state index contributed by atoms with van der Waals surface area (Å²) in [5.74, 6) is -5.63. The summed E-state index contributed by atoms with van der Waals surface area (Å²) in [5, 5.41) is 0. The van der Waals surface area contributed by atoms with Crippen LogP contribution in [0.4, 0.5) is 0 Å². The molecule has 2 aromatic rings. The number of fused-ring (bicyclic) bond motifs is 1. The van der Waals surface area contributed by atoms with Gasteiger partial charge in [0.1, 0.15) is 0 Å². The first-order chi connectivity index (χ1) is 17.2. The zero-order chi connectivity index (χ0) is 27.6. The molecule has 2 aliphatic rings. The third-order valence-electron chi connectivity index (χ3n) is 4.95. The van der Waals surface area contributed by atoms with Crippen molar-refractivity contribution in [2.45, 2.75) is 32.1 Å². The highest BCUT2D eigenvalue weighted by Gasteiger charge is 2.34. The van der Waals surface area contributed by atoms with E-state index in [1.54, 1.807) is 35.2 Å². The maximum Gasteiger partial charge on any atom is 0.166 e. The van der Waals surface area contributed by atoms with Crippen LogP contribution in [0.15, 0.2) is 42.4 Å². The van der Waals surface area contributed by atoms with Crippen LogP contribution in [0.5, 0.6) is 11.5 Å². The number of hydrogen-bond acceptors (Lipinski definition) is 4. The number of piperidine rings is 1. The van der Waals surface area contributed by atoms with Gasteiger partial charge in [-0.25, -0.2) is 0 Å². The number of rotatable bonds is 6. The van der Waals surface area contributed by atoms with E-state index >= 15 is 0 Å². The van der Waals surface area contributed by atoms with Gasteiger partial charge < -0.3 is 9.47 Å². The number of hydrogen-bond donors (Lipinski definition) is 0. The molecule has 4 nitrogen and oxygen atoms in total. The van der Waals surface area contributed by atoms with Gasteiger partial charge in [-0.15, -0.1) is 0 Å². The van der Waals surface area contributed by atoms with Crippen molar-refractivity contribution in [1.29, 1.82) is 0 Å². The molecule has 2 aromatic carbocycles. The Kier molecular flexibility index (Phi) is 3.29. The third-order valence-corrected chi connectivity index (χ3v) is 4.95. The van der Waals surface area contributed by atoms with Crippen molar-refractivity contribution in [1.82, 2.24) is 4.90 Å². The normalized spacial score (nSPS) is 30.4. The lowest BCUT2D eigenvalue weighted by atomic mass is 9.85. The first-order valence-electron chi connectivity index (χ1n) is 13.8. The molecule has 0 amide bonds. The number of ether oxygens (including phenoxy) is 2. The summed E-state index contributed by atoms with van der Waals surface area (Å²) in [4.78, 5) is 15.2. The molecular weight excluding hydrogens is 350 g/mol. The zero-order valence-corrected chi connectivity index (χ0v) is 16.0. The van der Waals surface area contributed by atoms with E-state index in [0.29, 0.717) is 5.56 Å². The van der Waals surface area contributed by atoms with Gasteiger partial charge in [-0.2, -0.15) is 0 Å². The quantitative estimate of drug-likeness (QED) is 0.737. The summed E-state index contributed by atoms with van der Waals surface area (Å²) in [6.45, 7) is -1.53. The molecule has 0 saturated carbocycles. The summed E-state index contributed by atoms with van der Waals surface area (Å²) < 4.78 is 88.8. The van der Waals surface area contributed by atoms with Crippen LogP contribution in [0.3, 0.4) is 0 Å². The summed E-state index contributed by atoms with van der Waals surface area (Å²) in [6.07, 6.45) is -5.45. The number of carbonyl (C=O) groups excluding carboxylic acids is 1. The first-order valence-corrected chi connectivity index (χ1v) is 9.30. The smallest absolute Gasteiger partial charge is 0.166 e. The molecule has 148 valence electrons. The van der Waals surface area contributed by atoms with Crippen molar-refractivity contribution < 1.29 is 26.6 Å². The van der Waals surface area contributed by atoms with Crippen LogP contribution in [0, 0.1) is 11.8 Å². The van der Waals surface area contributed by atoms with Crippen LogP contribution in [0.25, 0.3) is 0 Å². The monoisotopic (exact) mass is 388 g/mol. The number of Topliss-reactive ketones (excluding diaryl/α,β-unsaturated/α-hetero) is 1. The Morgan fingerprint density at radius 1 is 1.18 bits per heavy atom. The van der Waals surface area contributed by atoms with Crippen LogP contribution in [0.2, 0.25) is 0 Å². The zero-order valence-electron chi connectivity index (χ0n) is 25.0. The predicted octanol–water partition coefficient (Wildman–Crippen LogP) is 4.36. The largest absolute Gasteiger partial charge is 0.493 e. The van der Waals surface area contributed by atoms with E-state index < -0.39 is 60.0 Å². The average molecular weight is 389 g/mol. The summed E-state index contributed by atoms with van der Waals surface area (Å²) >= 11 is 0. The van der Waals surface area contributed by atoms with Gasteiger partial charge in [-0.05, 0) is 67.8 Å². The van der Waals surface area contributed by atoms with Crippen molar-refractivity contribution in [3.63, 3.8) is 0 Å². The number of likely N-dealkylation sites (tertiary alicyclic amines) is 1. The number of ketones is 1. The maximum absolute atomic E-state index is 13.6. The van der Waals surface area contributed by atoms with E-state index in [9.17, 15) is 4.79 Å². The minimum absolute atomic E-state index is 0.0911. The number of methoxy groups -OCH3 is 2. The Bertz CT molecular complexity index is 1210. The van der Waals surface area contributed by atoms with Gasteiger partial charge in [0.2, 0.25) is 0 Å². The van der Waals surface area contributed by atoms with E-state index in [1.807, 2.05) is 0 Å². The molecule has 0 bridgehead atoms. The van der Waals surface area contributed by atoms with Gasteiger partial charge in [0.15, 0.2) is 17.3 Å². The van der Waals surface area contributed by atoms with E-state index in [1.165, 1.54) is 14.2 Å². The minimum atomic E-state index is -2.98. The fraction of sp³-hybridized carbons (Fsp3) is 0.458. The molecule has 1 atom stereocenters. The molecule has 1 unspecified atom stereocenters. The van der Waals surface area contributed by atoms with Gasteiger partial charge in [0.05, 0.1) is 17.0 Å². The van der Waals surface area contributed by atoms with Crippen molar-refractivity contribution in [2.75, 3.05) is 27.3 Å². The molecule has 1 aliphatic heterocycles.